The fourth-order valence-electron chi connectivity index (χ4n) is 2.03. The molecule has 1 unspecified atom stereocenters. The highest BCUT2D eigenvalue weighted by atomic mass is 79.9. The number of ether oxygens (including phenoxy) is 1. The summed E-state index contributed by atoms with van der Waals surface area (Å²) < 4.78 is 5.86. The fourth-order valence-corrected chi connectivity index (χ4v) is 2.59. The first kappa shape index (κ1) is 14.8. The van der Waals surface area contributed by atoms with Gasteiger partial charge in [-0.1, -0.05) is 58.4 Å². The van der Waals surface area contributed by atoms with Gasteiger partial charge in [-0.15, -0.1) is 0 Å². The van der Waals surface area contributed by atoms with E-state index in [1.807, 2.05) is 36.4 Å². The molecule has 0 aliphatic rings. The Morgan fingerprint density at radius 3 is 2.40 bits per heavy atom. The molecule has 0 N–H and O–H groups in total. The summed E-state index contributed by atoms with van der Waals surface area (Å²) >= 11 is 3.53. The summed E-state index contributed by atoms with van der Waals surface area (Å²) in [5.41, 5.74) is 1.86. The molecule has 3 heteroatoms. The van der Waals surface area contributed by atoms with Gasteiger partial charge in [0.15, 0.2) is 5.78 Å². The van der Waals surface area contributed by atoms with E-state index in [0.29, 0.717) is 17.9 Å². The molecule has 0 radical (unpaired) electrons. The van der Waals surface area contributed by atoms with Gasteiger partial charge in [-0.25, -0.2) is 0 Å². The van der Waals surface area contributed by atoms with Crippen molar-refractivity contribution in [1.82, 2.24) is 0 Å². The molecule has 20 heavy (non-hydrogen) atoms. The molecule has 0 amide bonds. The van der Waals surface area contributed by atoms with E-state index in [2.05, 4.69) is 28.1 Å². The average molecular weight is 333 g/mol. The average Bonchev–Trinajstić information content (AvgIpc) is 2.49. The van der Waals surface area contributed by atoms with Gasteiger partial charge in [-0.05, 0) is 24.6 Å². The predicted molar refractivity (Wildman–Crippen MR) is 84.9 cm³/mol. The van der Waals surface area contributed by atoms with E-state index in [1.54, 1.807) is 13.0 Å². The zero-order chi connectivity index (χ0) is 14.4. The van der Waals surface area contributed by atoms with Gasteiger partial charge in [0.2, 0.25) is 0 Å². The summed E-state index contributed by atoms with van der Waals surface area (Å²) in [5.74, 6) is 0.939. The number of hydrogen-bond donors (Lipinski definition) is 0. The zero-order valence-corrected chi connectivity index (χ0v) is 13.0. The molecule has 0 aromatic heterocycles. The van der Waals surface area contributed by atoms with Crippen molar-refractivity contribution in [2.24, 2.45) is 0 Å². The molecule has 0 aliphatic heterocycles. The molecule has 0 saturated carbocycles. The molecule has 0 heterocycles. The Morgan fingerprint density at radius 1 is 1.10 bits per heavy atom. The maximum absolute atomic E-state index is 11.6. The molecule has 2 nitrogen and oxygen atoms in total. The van der Waals surface area contributed by atoms with Gasteiger partial charge >= 0.3 is 0 Å². The molecule has 0 aliphatic carbocycles. The summed E-state index contributed by atoms with van der Waals surface area (Å²) in [6.45, 7) is 2.10. The summed E-state index contributed by atoms with van der Waals surface area (Å²) in [5, 5.41) is 0.819. The molecular weight excluding hydrogens is 316 g/mol. The number of carbonyl (C=O) groups excluding carboxylic acids is 1. The van der Waals surface area contributed by atoms with Crippen molar-refractivity contribution in [2.75, 3.05) is 11.9 Å². The maximum atomic E-state index is 11.6. The van der Waals surface area contributed by atoms with E-state index < -0.39 is 0 Å². The first-order valence-corrected chi connectivity index (χ1v) is 7.68. The monoisotopic (exact) mass is 332 g/mol. The van der Waals surface area contributed by atoms with E-state index in [4.69, 9.17) is 4.74 Å². The Labute approximate surface area is 127 Å². The van der Waals surface area contributed by atoms with Gasteiger partial charge in [0.1, 0.15) is 5.75 Å². The summed E-state index contributed by atoms with van der Waals surface area (Å²) in [6.07, 6.45) is 0. The van der Waals surface area contributed by atoms with Crippen LogP contribution in [0.2, 0.25) is 0 Å². The lowest BCUT2D eigenvalue weighted by atomic mass is 10.0. The van der Waals surface area contributed by atoms with E-state index >= 15 is 0 Å². The van der Waals surface area contributed by atoms with Crippen molar-refractivity contribution in [3.8, 4) is 5.75 Å². The Hall–Kier alpha value is -1.61. The Balaban J connectivity index is 2.10. The van der Waals surface area contributed by atoms with Crippen LogP contribution in [-0.2, 0) is 0 Å². The van der Waals surface area contributed by atoms with Gasteiger partial charge in [0.05, 0.1) is 12.2 Å². The maximum Gasteiger partial charge on any atom is 0.163 e. The van der Waals surface area contributed by atoms with E-state index in [-0.39, 0.29) is 11.7 Å². The summed E-state index contributed by atoms with van der Waals surface area (Å²) in [4.78, 5) is 11.6. The van der Waals surface area contributed by atoms with Crippen LogP contribution in [0.4, 0.5) is 0 Å². The van der Waals surface area contributed by atoms with Crippen LogP contribution in [-0.4, -0.2) is 17.7 Å². The van der Waals surface area contributed by atoms with Crippen molar-refractivity contribution in [2.45, 2.75) is 12.8 Å². The second kappa shape index (κ2) is 7.25. The van der Waals surface area contributed by atoms with Crippen molar-refractivity contribution in [3.63, 3.8) is 0 Å². The second-order valence-electron chi connectivity index (χ2n) is 4.63. The van der Waals surface area contributed by atoms with Crippen LogP contribution in [0, 0.1) is 0 Å². The molecule has 0 bridgehead atoms. The molecule has 104 valence electrons. The molecule has 2 aromatic carbocycles. The van der Waals surface area contributed by atoms with Crippen molar-refractivity contribution < 1.29 is 9.53 Å². The fraction of sp³-hybridized carbons (Fsp3) is 0.235. The van der Waals surface area contributed by atoms with Gasteiger partial charge in [-0.3, -0.25) is 4.79 Å². The highest BCUT2D eigenvalue weighted by Crippen LogP contribution is 2.23. The molecule has 2 rings (SSSR count). The van der Waals surface area contributed by atoms with Crippen molar-refractivity contribution in [1.29, 1.82) is 0 Å². The minimum atomic E-state index is 0.0238. The highest BCUT2D eigenvalue weighted by molar-refractivity contribution is 9.09. The third-order valence-corrected chi connectivity index (χ3v) is 3.95. The minimum Gasteiger partial charge on any atom is -0.492 e. The van der Waals surface area contributed by atoms with Crippen LogP contribution >= 0.6 is 15.9 Å². The first-order chi connectivity index (χ1) is 9.72. The Kier molecular flexibility index (Phi) is 5.36. The normalized spacial score (nSPS) is 11.9. The number of alkyl halides is 1. The summed E-state index contributed by atoms with van der Waals surface area (Å²) in [7, 11) is 0. The number of ketones is 1. The standard InChI is InChI=1S/C17H17BrO2/c1-13(19)16-9-5-6-10-17(16)20-12-15(11-18)14-7-3-2-4-8-14/h2-10,15H,11-12H2,1H3. The number of carbonyl (C=O) groups is 1. The SMILES string of the molecule is CC(=O)c1ccccc1OCC(CBr)c1ccccc1. The van der Waals surface area contributed by atoms with Crippen LogP contribution in [0.25, 0.3) is 0 Å². The zero-order valence-electron chi connectivity index (χ0n) is 11.4. The number of para-hydroxylation sites is 1. The Morgan fingerprint density at radius 2 is 1.75 bits per heavy atom. The van der Waals surface area contributed by atoms with E-state index in [9.17, 15) is 4.79 Å². The first-order valence-electron chi connectivity index (χ1n) is 6.56. The topological polar surface area (TPSA) is 26.3 Å². The quantitative estimate of drug-likeness (QED) is 0.577. The number of benzene rings is 2. The molecule has 1 atom stereocenters. The van der Waals surface area contributed by atoms with Crippen molar-refractivity contribution in [3.05, 3.63) is 65.7 Å². The van der Waals surface area contributed by atoms with Gasteiger partial charge < -0.3 is 4.74 Å². The number of rotatable bonds is 6. The van der Waals surface area contributed by atoms with Crippen LogP contribution in [0.5, 0.6) is 5.75 Å². The molecule has 0 fully saturated rings. The smallest absolute Gasteiger partial charge is 0.163 e. The number of Topliss-reactive ketones (excluding diaryl/α,β-unsaturated/α-hetero) is 1. The lowest BCUT2D eigenvalue weighted by Gasteiger charge is -2.17. The predicted octanol–water partition coefficient (Wildman–Crippen LogP) is 4.45. The van der Waals surface area contributed by atoms with Gasteiger partial charge in [0.25, 0.3) is 0 Å². The van der Waals surface area contributed by atoms with E-state index in [1.165, 1.54) is 5.56 Å². The van der Waals surface area contributed by atoms with Gasteiger partial charge in [0, 0.05) is 11.2 Å². The van der Waals surface area contributed by atoms with Crippen LogP contribution in [0.15, 0.2) is 54.6 Å². The van der Waals surface area contributed by atoms with E-state index in [0.717, 1.165) is 5.33 Å². The summed E-state index contributed by atoms with van der Waals surface area (Å²) in [6, 6.07) is 17.6. The van der Waals surface area contributed by atoms with Crippen LogP contribution in [0.1, 0.15) is 28.8 Å². The molecular formula is C17H17BrO2. The van der Waals surface area contributed by atoms with Crippen molar-refractivity contribution >= 4 is 21.7 Å². The number of hydrogen-bond acceptors (Lipinski definition) is 2. The largest absolute Gasteiger partial charge is 0.492 e. The van der Waals surface area contributed by atoms with Crippen LogP contribution in [0.3, 0.4) is 0 Å². The lowest BCUT2D eigenvalue weighted by molar-refractivity contribution is 0.101. The lowest BCUT2D eigenvalue weighted by Crippen LogP contribution is -2.13. The Bertz CT molecular complexity index is 566. The minimum absolute atomic E-state index is 0.0238. The second-order valence-corrected chi connectivity index (χ2v) is 5.27. The third kappa shape index (κ3) is 3.70. The molecule has 0 spiro atoms. The highest BCUT2D eigenvalue weighted by Gasteiger charge is 2.13. The van der Waals surface area contributed by atoms with Gasteiger partial charge in [-0.2, -0.15) is 0 Å². The third-order valence-electron chi connectivity index (χ3n) is 3.16. The molecule has 0 saturated heterocycles. The number of halogens is 1. The molecule has 2 aromatic rings. The van der Waals surface area contributed by atoms with Crippen LogP contribution < -0.4 is 4.74 Å².